The monoisotopic (exact) mass is 230 g/mol. The van der Waals surface area contributed by atoms with Crippen LogP contribution in [0.25, 0.3) is 0 Å². The molecule has 1 fully saturated rings. The van der Waals surface area contributed by atoms with Gasteiger partial charge in [0.05, 0.1) is 13.2 Å². The molecule has 96 valence electrons. The summed E-state index contributed by atoms with van der Waals surface area (Å²) in [6, 6.07) is 0.632. The van der Waals surface area contributed by atoms with Gasteiger partial charge in [-0.25, -0.2) is 0 Å². The third-order valence-electron chi connectivity index (χ3n) is 3.75. The summed E-state index contributed by atoms with van der Waals surface area (Å²) in [6.45, 7) is 8.79. The molecular weight excluding hydrogens is 204 g/mol. The predicted octanol–water partition coefficient (Wildman–Crippen LogP) is 0.146. The molecule has 1 heterocycles. The first-order chi connectivity index (χ1) is 7.76. The lowest BCUT2D eigenvalue weighted by molar-refractivity contribution is 0.0298. The lowest BCUT2D eigenvalue weighted by Crippen LogP contribution is -2.54. The molecular formula is C12H26N2O2. The smallest absolute Gasteiger partial charge is 0.0586 e. The van der Waals surface area contributed by atoms with Crippen LogP contribution in [0.15, 0.2) is 0 Å². The molecule has 4 heteroatoms. The number of hydrogen-bond donors (Lipinski definition) is 2. The molecule has 4 nitrogen and oxygen atoms in total. The van der Waals surface area contributed by atoms with Crippen molar-refractivity contribution in [3.05, 3.63) is 0 Å². The highest BCUT2D eigenvalue weighted by Crippen LogP contribution is 2.12. The van der Waals surface area contributed by atoms with Crippen LogP contribution < -0.4 is 0 Å². The molecule has 0 bridgehead atoms. The molecule has 2 N–H and O–H groups in total. The van der Waals surface area contributed by atoms with Crippen molar-refractivity contribution in [1.82, 2.24) is 9.80 Å². The Bertz CT molecular complexity index is 154. The summed E-state index contributed by atoms with van der Waals surface area (Å²) in [4.78, 5) is 4.72. The molecule has 0 unspecified atom stereocenters. The van der Waals surface area contributed by atoms with Crippen molar-refractivity contribution >= 4 is 0 Å². The van der Waals surface area contributed by atoms with E-state index in [1.165, 1.54) is 0 Å². The first kappa shape index (κ1) is 13.9. The zero-order valence-corrected chi connectivity index (χ0v) is 10.6. The Labute approximate surface area is 98.9 Å². The van der Waals surface area contributed by atoms with Gasteiger partial charge in [-0.2, -0.15) is 0 Å². The predicted molar refractivity (Wildman–Crippen MR) is 65.5 cm³/mol. The van der Waals surface area contributed by atoms with Crippen LogP contribution in [0.2, 0.25) is 0 Å². The average molecular weight is 230 g/mol. The average Bonchev–Trinajstić information content (AvgIpc) is 2.34. The third kappa shape index (κ3) is 3.42. The Balaban J connectivity index is 2.38. The van der Waals surface area contributed by atoms with E-state index in [9.17, 15) is 10.2 Å². The zero-order chi connectivity index (χ0) is 12.0. The number of nitrogens with zero attached hydrogens (tertiary/aromatic N) is 2. The second-order valence-corrected chi connectivity index (χ2v) is 4.56. The molecule has 0 saturated carbocycles. The molecule has 0 aromatic heterocycles. The maximum absolute atomic E-state index is 9.25. The maximum atomic E-state index is 9.25. The van der Waals surface area contributed by atoms with Gasteiger partial charge in [-0.05, 0) is 12.8 Å². The van der Waals surface area contributed by atoms with Crippen LogP contribution in [0.3, 0.4) is 0 Å². The summed E-state index contributed by atoms with van der Waals surface area (Å²) in [5, 5.41) is 18.5. The minimum atomic E-state index is 0.258. The molecule has 16 heavy (non-hydrogen) atoms. The normalized spacial score (nSPS) is 23.2. The van der Waals surface area contributed by atoms with E-state index >= 15 is 0 Å². The molecule has 0 spiro atoms. The van der Waals surface area contributed by atoms with Crippen molar-refractivity contribution in [3.63, 3.8) is 0 Å². The van der Waals surface area contributed by atoms with E-state index in [0.717, 1.165) is 39.0 Å². The third-order valence-corrected chi connectivity index (χ3v) is 3.75. The highest BCUT2D eigenvalue weighted by atomic mass is 16.3. The summed E-state index contributed by atoms with van der Waals surface area (Å²) < 4.78 is 0. The van der Waals surface area contributed by atoms with Crippen LogP contribution in [0, 0.1) is 0 Å². The van der Waals surface area contributed by atoms with Gasteiger partial charge in [0.2, 0.25) is 0 Å². The summed E-state index contributed by atoms with van der Waals surface area (Å²) in [6.07, 6.45) is 2.02. The Kier molecular flexibility index (Phi) is 6.28. The van der Waals surface area contributed by atoms with E-state index < -0.39 is 0 Å². The van der Waals surface area contributed by atoms with E-state index in [2.05, 4.69) is 23.6 Å². The van der Waals surface area contributed by atoms with Crippen LogP contribution in [0.1, 0.15) is 26.7 Å². The SMILES string of the molecule is CC[C@@H](CO)N1CCN([C@@H](CC)CO)CC1. The number of hydrogen-bond acceptors (Lipinski definition) is 4. The van der Waals surface area contributed by atoms with Crippen molar-refractivity contribution in [3.8, 4) is 0 Å². The van der Waals surface area contributed by atoms with E-state index in [1.54, 1.807) is 0 Å². The molecule has 0 amide bonds. The Morgan fingerprint density at radius 2 is 1.12 bits per heavy atom. The second-order valence-electron chi connectivity index (χ2n) is 4.56. The van der Waals surface area contributed by atoms with E-state index in [1.807, 2.05) is 0 Å². The fraction of sp³-hybridized carbons (Fsp3) is 1.00. The highest BCUT2D eigenvalue weighted by Gasteiger charge is 2.25. The molecule has 2 atom stereocenters. The number of aliphatic hydroxyl groups is 2. The number of rotatable bonds is 6. The van der Waals surface area contributed by atoms with Gasteiger partial charge in [-0.15, -0.1) is 0 Å². The van der Waals surface area contributed by atoms with Gasteiger partial charge >= 0.3 is 0 Å². The van der Waals surface area contributed by atoms with Crippen molar-refractivity contribution in [2.45, 2.75) is 38.8 Å². The largest absolute Gasteiger partial charge is 0.395 e. The lowest BCUT2D eigenvalue weighted by Gasteiger charge is -2.41. The quantitative estimate of drug-likeness (QED) is 0.682. The minimum absolute atomic E-state index is 0.258. The van der Waals surface area contributed by atoms with Gasteiger partial charge in [-0.3, -0.25) is 9.80 Å². The van der Waals surface area contributed by atoms with E-state index in [4.69, 9.17) is 0 Å². The molecule has 1 aliphatic rings. The van der Waals surface area contributed by atoms with Crippen LogP contribution in [-0.4, -0.2) is 71.5 Å². The molecule has 0 aromatic carbocycles. The summed E-state index contributed by atoms with van der Waals surface area (Å²) in [5.74, 6) is 0. The van der Waals surface area contributed by atoms with Crippen molar-refractivity contribution in [2.75, 3.05) is 39.4 Å². The Morgan fingerprint density at radius 3 is 1.31 bits per heavy atom. The van der Waals surface area contributed by atoms with Crippen LogP contribution in [0.4, 0.5) is 0 Å². The van der Waals surface area contributed by atoms with Crippen molar-refractivity contribution in [2.24, 2.45) is 0 Å². The standard InChI is InChI=1S/C12H26N2O2/c1-3-11(9-15)13-5-7-14(8-6-13)12(4-2)10-16/h11-12,15-16H,3-10H2,1-2H3/t11-,12-/m0/s1. The topological polar surface area (TPSA) is 46.9 Å². The molecule has 0 aromatic rings. The lowest BCUT2D eigenvalue weighted by atomic mass is 10.1. The highest BCUT2D eigenvalue weighted by molar-refractivity contribution is 4.80. The van der Waals surface area contributed by atoms with Crippen LogP contribution in [-0.2, 0) is 0 Å². The number of piperazine rings is 1. The molecule has 0 radical (unpaired) electrons. The molecule has 0 aliphatic carbocycles. The first-order valence-electron chi connectivity index (χ1n) is 6.46. The zero-order valence-electron chi connectivity index (χ0n) is 10.6. The summed E-state index contributed by atoms with van der Waals surface area (Å²) in [5.41, 5.74) is 0. The van der Waals surface area contributed by atoms with Gasteiger partial charge in [0.1, 0.15) is 0 Å². The molecule has 1 rings (SSSR count). The number of aliphatic hydroxyl groups excluding tert-OH is 2. The van der Waals surface area contributed by atoms with E-state index in [-0.39, 0.29) is 13.2 Å². The summed E-state index contributed by atoms with van der Waals surface area (Å²) in [7, 11) is 0. The fourth-order valence-electron chi connectivity index (χ4n) is 2.47. The second kappa shape index (κ2) is 7.22. The minimum Gasteiger partial charge on any atom is -0.395 e. The fourth-order valence-corrected chi connectivity index (χ4v) is 2.47. The van der Waals surface area contributed by atoms with Gasteiger partial charge in [0, 0.05) is 38.3 Å². The Hall–Kier alpha value is -0.160. The summed E-state index contributed by atoms with van der Waals surface area (Å²) >= 11 is 0. The van der Waals surface area contributed by atoms with E-state index in [0.29, 0.717) is 12.1 Å². The van der Waals surface area contributed by atoms with Gasteiger partial charge in [0.25, 0.3) is 0 Å². The molecule has 1 aliphatic heterocycles. The van der Waals surface area contributed by atoms with Crippen LogP contribution in [0.5, 0.6) is 0 Å². The molecule has 1 saturated heterocycles. The van der Waals surface area contributed by atoms with Crippen molar-refractivity contribution in [1.29, 1.82) is 0 Å². The van der Waals surface area contributed by atoms with Crippen molar-refractivity contribution < 1.29 is 10.2 Å². The van der Waals surface area contributed by atoms with Gasteiger partial charge < -0.3 is 10.2 Å². The van der Waals surface area contributed by atoms with Crippen LogP contribution >= 0.6 is 0 Å². The van der Waals surface area contributed by atoms with Gasteiger partial charge in [-0.1, -0.05) is 13.8 Å². The van der Waals surface area contributed by atoms with Gasteiger partial charge in [0.15, 0.2) is 0 Å². The maximum Gasteiger partial charge on any atom is 0.0586 e. The Morgan fingerprint density at radius 1 is 0.812 bits per heavy atom. The first-order valence-corrected chi connectivity index (χ1v) is 6.46.